The van der Waals surface area contributed by atoms with Crippen molar-refractivity contribution in [2.75, 3.05) is 13.2 Å². The first-order chi connectivity index (χ1) is 32.0. The molecule has 0 aromatic rings. The summed E-state index contributed by atoms with van der Waals surface area (Å²) in [5.41, 5.74) is 0. The number of unbranched alkanes of at least 4 members (excludes halogenated alkanes) is 23. The molecule has 372 valence electrons. The van der Waals surface area contributed by atoms with Crippen LogP contribution in [0.2, 0.25) is 0 Å². The predicted molar refractivity (Wildman–Crippen MR) is 279 cm³/mol. The zero-order valence-electron chi connectivity index (χ0n) is 42.5. The van der Waals surface area contributed by atoms with Gasteiger partial charge in [0.1, 0.15) is 13.2 Å². The smallest absolute Gasteiger partial charge is 0.306 e. The van der Waals surface area contributed by atoms with Crippen LogP contribution in [0.4, 0.5) is 0 Å². The molecule has 0 fully saturated rings. The van der Waals surface area contributed by atoms with Crippen molar-refractivity contribution < 1.29 is 28.6 Å². The molecule has 6 heteroatoms. The van der Waals surface area contributed by atoms with Gasteiger partial charge >= 0.3 is 17.9 Å². The summed E-state index contributed by atoms with van der Waals surface area (Å²) in [5, 5.41) is 0. The van der Waals surface area contributed by atoms with E-state index >= 15 is 0 Å². The minimum Gasteiger partial charge on any atom is -0.462 e. The van der Waals surface area contributed by atoms with E-state index in [1.54, 1.807) is 0 Å². The number of carbonyl (C=O) groups excluding carboxylic acids is 3. The molecular weight excluding hydrogens is 805 g/mol. The molecule has 0 atom stereocenters. The molecule has 0 rings (SSSR count). The maximum atomic E-state index is 12.8. The van der Waals surface area contributed by atoms with Gasteiger partial charge in [-0.25, -0.2) is 0 Å². The molecule has 0 aliphatic rings. The van der Waals surface area contributed by atoms with Crippen LogP contribution in [0.3, 0.4) is 0 Å². The van der Waals surface area contributed by atoms with Gasteiger partial charge in [0, 0.05) is 19.3 Å². The normalized spacial score (nSPS) is 12.3. The van der Waals surface area contributed by atoms with E-state index in [2.05, 4.69) is 106 Å². The molecule has 0 aliphatic heterocycles. The Kier molecular flexibility index (Phi) is 50.4. The third-order valence-corrected chi connectivity index (χ3v) is 11.3. The van der Waals surface area contributed by atoms with Gasteiger partial charge in [-0.3, -0.25) is 14.4 Å². The summed E-state index contributed by atoms with van der Waals surface area (Å²) in [7, 11) is 0. The molecule has 0 heterocycles. The van der Waals surface area contributed by atoms with Crippen LogP contribution in [0.5, 0.6) is 0 Å². The molecule has 0 aliphatic carbocycles. The number of ether oxygens (including phenoxy) is 3. The van der Waals surface area contributed by atoms with Gasteiger partial charge < -0.3 is 14.2 Å². The second-order valence-corrected chi connectivity index (χ2v) is 17.8. The van der Waals surface area contributed by atoms with Crippen LogP contribution in [-0.2, 0) is 28.6 Å². The Bertz CT molecular complexity index is 1200. The van der Waals surface area contributed by atoms with E-state index in [9.17, 15) is 14.4 Å². The SMILES string of the molecule is CCCCC/C=C\C/C=C\C/C=C\CCCCCCC(=O)OCC(COC(=O)CCCCCC/C=C\C/C=C\C/C=C\CCCCC)OC(=O)CCCCCCC/C=C\CCCCCC. The Balaban J connectivity index is 4.47. The Morgan fingerprint density at radius 3 is 0.908 bits per heavy atom. The third-order valence-electron chi connectivity index (χ3n) is 11.3. The molecule has 0 bridgehead atoms. The molecule has 0 radical (unpaired) electrons. The summed E-state index contributed by atoms with van der Waals surface area (Å²) in [6.07, 6.45) is 68.4. The van der Waals surface area contributed by atoms with Gasteiger partial charge in [-0.15, -0.1) is 0 Å². The third kappa shape index (κ3) is 51.4. The van der Waals surface area contributed by atoms with E-state index < -0.39 is 6.10 Å². The molecule has 6 nitrogen and oxygen atoms in total. The zero-order chi connectivity index (χ0) is 47.2. The minimum absolute atomic E-state index is 0.0993. The lowest BCUT2D eigenvalue weighted by Gasteiger charge is -2.18. The van der Waals surface area contributed by atoms with Crippen molar-refractivity contribution >= 4 is 17.9 Å². The maximum Gasteiger partial charge on any atom is 0.306 e. The van der Waals surface area contributed by atoms with Gasteiger partial charge in [-0.1, -0.05) is 196 Å². The van der Waals surface area contributed by atoms with Crippen LogP contribution in [0.25, 0.3) is 0 Å². The van der Waals surface area contributed by atoms with Gasteiger partial charge in [0.15, 0.2) is 6.10 Å². The highest BCUT2D eigenvalue weighted by molar-refractivity contribution is 5.71. The van der Waals surface area contributed by atoms with Crippen molar-refractivity contribution in [1.82, 2.24) is 0 Å². The predicted octanol–water partition coefficient (Wildman–Crippen LogP) is 18.0. The fourth-order valence-corrected chi connectivity index (χ4v) is 7.21. The molecule has 0 spiro atoms. The molecule has 0 saturated carbocycles. The topological polar surface area (TPSA) is 78.9 Å². The second-order valence-electron chi connectivity index (χ2n) is 17.8. The van der Waals surface area contributed by atoms with Crippen LogP contribution in [0, 0.1) is 0 Å². The number of allylic oxidation sites excluding steroid dienone is 14. The second kappa shape index (κ2) is 53.2. The van der Waals surface area contributed by atoms with Crippen LogP contribution >= 0.6 is 0 Å². The van der Waals surface area contributed by atoms with Crippen molar-refractivity contribution in [2.24, 2.45) is 0 Å². The maximum absolute atomic E-state index is 12.8. The molecule has 0 saturated heterocycles. The first kappa shape index (κ1) is 61.6. The minimum atomic E-state index is -0.800. The average Bonchev–Trinajstić information content (AvgIpc) is 3.30. The van der Waals surface area contributed by atoms with Crippen LogP contribution in [0.1, 0.15) is 252 Å². The zero-order valence-corrected chi connectivity index (χ0v) is 42.5. The van der Waals surface area contributed by atoms with Gasteiger partial charge in [0.25, 0.3) is 0 Å². The van der Waals surface area contributed by atoms with Crippen LogP contribution in [0.15, 0.2) is 85.1 Å². The van der Waals surface area contributed by atoms with Crippen molar-refractivity contribution in [1.29, 1.82) is 0 Å². The monoisotopic (exact) mass is 905 g/mol. The van der Waals surface area contributed by atoms with E-state index in [0.29, 0.717) is 19.3 Å². The van der Waals surface area contributed by atoms with Crippen molar-refractivity contribution in [3.63, 3.8) is 0 Å². The first-order valence-corrected chi connectivity index (χ1v) is 27.1. The quantitative estimate of drug-likeness (QED) is 0.0262. The number of hydrogen-bond acceptors (Lipinski definition) is 6. The van der Waals surface area contributed by atoms with Crippen molar-refractivity contribution in [3.05, 3.63) is 85.1 Å². The van der Waals surface area contributed by atoms with Gasteiger partial charge in [-0.05, 0) is 122 Å². The fourth-order valence-electron chi connectivity index (χ4n) is 7.21. The summed E-state index contributed by atoms with van der Waals surface area (Å²) in [6.45, 7) is 6.52. The Morgan fingerprint density at radius 2 is 0.554 bits per heavy atom. The summed E-state index contributed by atoms with van der Waals surface area (Å²) in [5.74, 6) is -0.948. The van der Waals surface area contributed by atoms with Crippen LogP contribution in [-0.4, -0.2) is 37.2 Å². The number of rotatable bonds is 48. The Hall–Kier alpha value is -3.41. The summed E-state index contributed by atoms with van der Waals surface area (Å²) in [4.78, 5) is 38.0. The molecule has 0 unspecified atom stereocenters. The Morgan fingerprint density at radius 1 is 0.308 bits per heavy atom. The first-order valence-electron chi connectivity index (χ1n) is 27.1. The fraction of sp³-hybridized carbons (Fsp3) is 0.712. The van der Waals surface area contributed by atoms with Crippen molar-refractivity contribution in [3.8, 4) is 0 Å². The molecule has 0 N–H and O–H groups in total. The van der Waals surface area contributed by atoms with E-state index in [0.717, 1.165) is 122 Å². The van der Waals surface area contributed by atoms with Gasteiger partial charge in [-0.2, -0.15) is 0 Å². The lowest BCUT2D eigenvalue weighted by Crippen LogP contribution is -2.30. The molecular formula is C59H100O6. The molecule has 65 heavy (non-hydrogen) atoms. The number of esters is 3. The molecule has 0 amide bonds. The highest BCUT2D eigenvalue weighted by Crippen LogP contribution is 2.13. The summed E-state index contributed by atoms with van der Waals surface area (Å²) >= 11 is 0. The summed E-state index contributed by atoms with van der Waals surface area (Å²) < 4.78 is 16.8. The van der Waals surface area contributed by atoms with Gasteiger partial charge in [0.05, 0.1) is 0 Å². The van der Waals surface area contributed by atoms with E-state index in [1.807, 2.05) is 0 Å². The molecule has 0 aromatic heterocycles. The lowest BCUT2D eigenvalue weighted by atomic mass is 10.1. The highest BCUT2D eigenvalue weighted by Gasteiger charge is 2.19. The van der Waals surface area contributed by atoms with Gasteiger partial charge in [0.2, 0.25) is 0 Å². The van der Waals surface area contributed by atoms with E-state index in [-0.39, 0.29) is 31.1 Å². The largest absolute Gasteiger partial charge is 0.462 e. The highest BCUT2D eigenvalue weighted by atomic mass is 16.6. The van der Waals surface area contributed by atoms with Crippen LogP contribution < -0.4 is 0 Å². The average molecular weight is 905 g/mol. The standard InChI is InChI=1S/C59H100O6/c1-4-7-10-13-16-19-22-25-27-29-31-34-36-39-42-45-48-51-57(60)63-54-56(65-59(62)53-50-47-44-41-38-33-24-21-18-15-12-9-6-3)55-64-58(61)52-49-46-43-40-37-35-32-30-28-26-23-20-17-14-11-8-5-2/h16-17,19-21,24-28,31-32,34-35,56H,4-15,18,22-23,29-30,33,36-55H2,1-3H3/b19-16-,20-17-,24-21-,27-25-,28-26-,34-31-,35-32-. The number of carbonyl (C=O) groups is 3. The number of hydrogen-bond donors (Lipinski definition) is 0. The molecule has 0 aromatic carbocycles. The van der Waals surface area contributed by atoms with E-state index in [4.69, 9.17) is 14.2 Å². The lowest BCUT2D eigenvalue weighted by molar-refractivity contribution is -0.167. The Labute approximate surface area is 401 Å². The van der Waals surface area contributed by atoms with Crippen molar-refractivity contribution in [2.45, 2.75) is 258 Å². The summed E-state index contributed by atoms with van der Waals surface area (Å²) in [6, 6.07) is 0. The van der Waals surface area contributed by atoms with E-state index in [1.165, 1.54) is 89.9 Å².